The van der Waals surface area contributed by atoms with Crippen molar-refractivity contribution in [2.75, 3.05) is 18.0 Å². The molecule has 4 rings (SSSR count). The highest BCUT2D eigenvalue weighted by Gasteiger charge is 2.20. The zero-order valence-electron chi connectivity index (χ0n) is 20.4. The highest BCUT2D eigenvalue weighted by Crippen LogP contribution is 2.34. The van der Waals surface area contributed by atoms with Crippen molar-refractivity contribution < 1.29 is 4.39 Å². The molecule has 2 heterocycles. The van der Waals surface area contributed by atoms with Gasteiger partial charge >= 0.3 is 0 Å². The maximum absolute atomic E-state index is 13.6. The van der Waals surface area contributed by atoms with Gasteiger partial charge in [0.25, 0.3) is 5.56 Å². The van der Waals surface area contributed by atoms with Crippen LogP contribution in [0, 0.1) is 11.7 Å². The first-order chi connectivity index (χ1) is 16.0. The number of rotatable bonds is 8. The zero-order chi connectivity index (χ0) is 23.6. The molecule has 0 bridgehead atoms. The zero-order valence-corrected chi connectivity index (χ0v) is 20.4. The summed E-state index contributed by atoms with van der Waals surface area (Å²) < 4.78 is 15.9. The number of hydrogen-bond acceptors (Lipinski definition) is 3. The number of nitrogens with one attached hydrogen (secondary N) is 1. The van der Waals surface area contributed by atoms with Crippen LogP contribution in [0.4, 0.5) is 10.1 Å². The van der Waals surface area contributed by atoms with Crippen LogP contribution in [0.3, 0.4) is 0 Å². The van der Waals surface area contributed by atoms with Gasteiger partial charge in [-0.05, 0) is 62.6 Å². The second-order valence-electron chi connectivity index (χ2n) is 9.31. The summed E-state index contributed by atoms with van der Waals surface area (Å²) in [6.45, 7) is 8.65. The Labute approximate surface area is 197 Å². The molecular formula is C27H39FN4O. The Hall–Kier alpha value is -2.63. The van der Waals surface area contributed by atoms with E-state index in [1.54, 1.807) is 18.3 Å². The quantitative estimate of drug-likeness (QED) is 0.385. The van der Waals surface area contributed by atoms with Gasteiger partial charge in [0.05, 0.1) is 17.4 Å². The first-order valence-corrected chi connectivity index (χ1v) is 12.6. The molecular weight excluding hydrogens is 415 g/mol. The van der Waals surface area contributed by atoms with Crippen LogP contribution in [-0.4, -0.2) is 27.9 Å². The van der Waals surface area contributed by atoms with Crippen LogP contribution in [0.15, 0.2) is 47.5 Å². The van der Waals surface area contributed by atoms with E-state index in [1.807, 2.05) is 12.1 Å². The molecule has 1 aliphatic rings. The van der Waals surface area contributed by atoms with E-state index in [9.17, 15) is 9.18 Å². The fourth-order valence-corrected chi connectivity index (χ4v) is 4.72. The van der Waals surface area contributed by atoms with E-state index in [2.05, 4.69) is 46.6 Å². The number of nitrogens with zero attached hydrogens (tertiary/aromatic N) is 3. The minimum atomic E-state index is -0.130. The monoisotopic (exact) mass is 454 g/mol. The smallest absolute Gasteiger partial charge is 0.266 e. The van der Waals surface area contributed by atoms with Crippen LogP contribution in [0.2, 0.25) is 0 Å². The van der Waals surface area contributed by atoms with Gasteiger partial charge in [-0.2, -0.15) is 5.10 Å². The number of hydrogen-bond donors (Lipinski definition) is 1. The summed E-state index contributed by atoms with van der Waals surface area (Å²) in [5.41, 5.74) is 1.85. The van der Waals surface area contributed by atoms with Crippen molar-refractivity contribution in [3.8, 4) is 0 Å². The molecule has 0 spiro atoms. The third-order valence-electron chi connectivity index (χ3n) is 6.63. The van der Waals surface area contributed by atoms with Gasteiger partial charge in [0.1, 0.15) is 5.82 Å². The molecule has 1 saturated carbocycles. The largest absolute Gasteiger partial charge is 0.370 e. The molecule has 0 amide bonds. The summed E-state index contributed by atoms with van der Waals surface area (Å²) in [6.07, 6.45) is 13.5. The molecule has 2 aromatic heterocycles. The van der Waals surface area contributed by atoms with E-state index in [0.29, 0.717) is 6.04 Å². The Balaban J connectivity index is 0.000000186. The van der Waals surface area contributed by atoms with Crippen molar-refractivity contribution in [1.29, 1.82) is 0 Å². The Bertz CT molecular complexity index is 1040. The first kappa shape index (κ1) is 25.0. The van der Waals surface area contributed by atoms with Crippen molar-refractivity contribution in [1.82, 2.24) is 14.8 Å². The molecule has 0 aliphatic heterocycles. The molecule has 180 valence electrons. The summed E-state index contributed by atoms with van der Waals surface area (Å²) in [5.74, 6) is 0.746. The third-order valence-corrected chi connectivity index (χ3v) is 6.63. The summed E-state index contributed by atoms with van der Waals surface area (Å²) in [6, 6.07) is 9.45. The van der Waals surface area contributed by atoms with Gasteiger partial charge in [-0.1, -0.05) is 39.7 Å². The molecule has 0 saturated heterocycles. The number of aromatic amines is 1. The highest BCUT2D eigenvalue weighted by atomic mass is 19.1. The van der Waals surface area contributed by atoms with E-state index in [4.69, 9.17) is 0 Å². The average Bonchev–Trinajstić information content (AvgIpc) is 3.25. The Morgan fingerprint density at radius 3 is 2.58 bits per heavy atom. The topological polar surface area (TPSA) is 53.9 Å². The van der Waals surface area contributed by atoms with Gasteiger partial charge in [0, 0.05) is 36.8 Å². The SMILES string of the molecule is CC1CCC(n2ccc3c(F)cccc32)CC1.CCCCCN(CCC)c1cn[nH]c(=O)c1. The highest BCUT2D eigenvalue weighted by molar-refractivity contribution is 5.80. The van der Waals surface area contributed by atoms with Crippen LogP contribution in [0.25, 0.3) is 10.9 Å². The van der Waals surface area contributed by atoms with Gasteiger partial charge in [-0.15, -0.1) is 0 Å². The van der Waals surface area contributed by atoms with Crippen molar-refractivity contribution in [3.05, 3.63) is 58.9 Å². The molecule has 1 fully saturated rings. The molecule has 33 heavy (non-hydrogen) atoms. The maximum Gasteiger partial charge on any atom is 0.266 e. The van der Waals surface area contributed by atoms with Crippen LogP contribution in [-0.2, 0) is 0 Å². The van der Waals surface area contributed by atoms with E-state index < -0.39 is 0 Å². The molecule has 0 atom stereocenters. The van der Waals surface area contributed by atoms with Crippen LogP contribution in [0.5, 0.6) is 0 Å². The van der Waals surface area contributed by atoms with Gasteiger partial charge in [-0.25, -0.2) is 9.49 Å². The lowest BCUT2D eigenvalue weighted by atomic mass is 9.87. The van der Waals surface area contributed by atoms with E-state index >= 15 is 0 Å². The van der Waals surface area contributed by atoms with E-state index in [1.165, 1.54) is 51.0 Å². The number of benzene rings is 1. The normalized spacial score (nSPS) is 18.1. The number of fused-ring (bicyclic) bond motifs is 1. The fourth-order valence-electron chi connectivity index (χ4n) is 4.72. The van der Waals surface area contributed by atoms with Crippen LogP contribution < -0.4 is 10.5 Å². The molecule has 1 aromatic carbocycles. The van der Waals surface area contributed by atoms with Gasteiger partial charge in [-0.3, -0.25) is 4.79 Å². The summed E-state index contributed by atoms with van der Waals surface area (Å²) >= 11 is 0. The van der Waals surface area contributed by atoms with Gasteiger partial charge < -0.3 is 9.47 Å². The fraction of sp³-hybridized carbons (Fsp3) is 0.556. The lowest BCUT2D eigenvalue weighted by Gasteiger charge is -2.28. The van der Waals surface area contributed by atoms with Crippen molar-refractivity contribution in [3.63, 3.8) is 0 Å². The molecule has 1 N–H and O–H groups in total. The Kier molecular flexibility index (Phi) is 9.52. The minimum absolute atomic E-state index is 0.106. The maximum atomic E-state index is 13.6. The van der Waals surface area contributed by atoms with Crippen molar-refractivity contribution in [2.24, 2.45) is 5.92 Å². The second kappa shape index (κ2) is 12.6. The predicted octanol–water partition coefficient (Wildman–Crippen LogP) is 6.71. The summed E-state index contributed by atoms with van der Waals surface area (Å²) in [4.78, 5) is 13.4. The number of unbranched alkanes of at least 4 members (excludes halogenated alkanes) is 2. The molecule has 0 unspecified atom stereocenters. The second-order valence-corrected chi connectivity index (χ2v) is 9.31. The molecule has 3 aromatic rings. The Morgan fingerprint density at radius 1 is 1.09 bits per heavy atom. The minimum Gasteiger partial charge on any atom is -0.370 e. The molecule has 0 radical (unpaired) electrons. The van der Waals surface area contributed by atoms with Crippen molar-refractivity contribution in [2.45, 2.75) is 78.2 Å². The first-order valence-electron chi connectivity index (χ1n) is 12.6. The van der Waals surface area contributed by atoms with E-state index in [0.717, 1.165) is 42.0 Å². The Morgan fingerprint density at radius 2 is 1.88 bits per heavy atom. The molecule has 1 aliphatic carbocycles. The van der Waals surface area contributed by atoms with Gasteiger partial charge in [0.15, 0.2) is 0 Å². The molecule has 6 heteroatoms. The number of anilines is 1. The summed E-state index contributed by atoms with van der Waals surface area (Å²) in [7, 11) is 0. The van der Waals surface area contributed by atoms with Crippen molar-refractivity contribution >= 4 is 16.6 Å². The number of H-pyrrole nitrogens is 1. The predicted molar refractivity (Wildman–Crippen MR) is 135 cm³/mol. The average molecular weight is 455 g/mol. The number of aromatic nitrogens is 3. The van der Waals surface area contributed by atoms with Gasteiger partial charge in [0.2, 0.25) is 0 Å². The molecule has 5 nitrogen and oxygen atoms in total. The lowest BCUT2D eigenvalue weighted by Crippen LogP contribution is -2.26. The summed E-state index contributed by atoms with van der Waals surface area (Å²) in [5, 5.41) is 7.00. The third kappa shape index (κ3) is 6.92. The van der Waals surface area contributed by atoms with E-state index in [-0.39, 0.29) is 11.4 Å². The number of halogens is 1. The lowest BCUT2D eigenvalue weighted by molar-refractivity contribution is 0.294. The standard InChI is InChI=1S/C15H18FN.C12H21N3O/c1-11-5-7-12(8-6-11)17-10-9-13-14(16)3-2-4-15(13)17;1-3-5-6-8-15(7-4-2)11-9-12(16)14-13-10-11/h2-4,9-12H,5-8H2,1H3;9-10H,3-8H2,1-2H3,(H,14,16). The van der Waals surface area contributed by atoms with Crippen LogP contribution in [0.1, 0.15) is 78.2 Å². The van der Waals surface area contributed by atoms with Crippen LogP contribution >= 0.6 is 0 Å².